The third kappa shape index (κ3) is 3.56. The van der Waals surface area contributed by atoms with E-state index in [2.05, 4.69) is 24.4 Å². The molecule has 0 radical (unpaired) electrons. The van der Waals surface area contributed by atoms with Crippen LogP contribution in [-0.4, -0.2) is 0 Å². The first kappa shape index (κ1) is 14.5. The lowest BCUT2D eigenvalue weighted by Gasteiger charge is -2.11. The van der Waals surface area contributed by atoms with Gasteiger partial charge in [0.1, 0.15) is 0 Å². The van der Waals surface area contributed by atoms with Crippen molar-refractivity contribution in [3.63, 3.8) is 0 Å². The van der Waals surface area contributed by atoms with Gasteiger partial charge in [0.25, 0.3) is 0 Å². The minimum atomic E-state index is 0.508. The summed E-state index contributed by atoms with van der Waals surface area (Å²) in [5, 5.41) is 4.96. The van der Waals surface area contributed by atoms with Crippen molar-refractivity contribution in [2.24, 2.45) is 0 Å². The Kier molecular flexibility index (Phi) is 4.98. The number of halogens is 3. The first-order valence-electron chi connectivity index (χ1n) is 6.07. The maximum Gasteiger partial charge on any atom is 0.0657 e. The molecule has 0 aliphatic heterocycles. The SMILES string of the molecule is CCc1cccc(NCc2c(Cl)ccc(Cl)c2Cl)c1. The van der Waals surface area contributed by atoms with E-state index in [1.54, 1.807) is 12.1 Å². The van der Waals surface area contributed by atoms with Crippen LogP contribution in [0, 0.1) is 0 Å². The molecule has 0 unspecified atom stereocenters. The van der Waals surface area contributed by atoms with Crippen LogP contribution in [-0.2, 0) is 13.0 Å². The van der Waals surface area contributed by atoms with E-state index in [-0.39, 0.29) is 0 Å². The van der Waals surface area contributed by atoms with E-state index < -0.39 is 0 Å². The van der Waals surface area contributed by atoms with E-state index in [9.17, 15) is 0 Å². The molecule has 0 aromatic heterocycles. The topological polar surface area (TPSA) is 12.0 Å². The Morgan fingerprint density at radius 1 is 1.00 bits per heavy atom. The van der Waals surface area contributed by atoms with Gasteiger partial charge in [-0.25, -0.2) is 0 Å². The quantitative estimate of drug-likeness (QED) is 0.701. The molecule has 0 fully saturated rings. The van der Waals surface area contributed by atoms with Crippen LogP contribution in [0.1, 0.15) is 18.1 Å². The maximum atomic E-state index is 6.17. The van der Waals surface area contributed by atoms with E-state index in [0.29, 0.717) is 21.6 Å². The summed E-state index contributed by atoms with van der Waals surface area (Å²) >= 11 is 18.3. The molecule has 0 spiro atoms. The van der Waals surface area contributed by atoms with E-state index >= 15 is 0 Å². The number of hydrogen-bond donors (Lipinski definition) is 1. The molecule has 4 heteroatoms. The second kappa shape index (κ2) is 6.51. The van der Waals surface area contributed by atoms with E-state index in [0.717, 1.165) is 17.7 Å². The zero-order valence-corrected chi connectivity index (χ0v) is 12.8. The first-order valence-corrected chi connectivity index (χ1v) is 7.20. The fraction of sp³-hybridized carbons (Fsp3) is 0.200. The van der Waals surface area contributed by atoms with Gasteiger partial charge in [-0.3, -0.25) is 0 Å². The molecule has 1 nitrogen and oxygen atoms in total. The van der Waals surface area contributed by atoms with Crippen molar-refractivity contribution >= 4 is 40.5 Å². The number of aryl methyl sites for hydroxylation is 1. The van der Waals surface area contributed by atoms with Gasteiger partial charge < -0.3 is 5.32 Å². The normalized spacial score (nSPS) is 10.5. The minimum Gasteiger partial charge on any atom is -0.381 e. The van der Waals surface area contributed by atoms with Crippen LogP contribution in [0.2, 0.25) is 15.1 Å². The molecule has 2 aromatic carbocycles. The summed E-state index contributed by atoms with van der Waals surface area (Å²) < 4.78 is 0. The van der Waals surface area contributed by atoms with Gasteiger partial charge in [-0.2, -0.15) is 0 Å². The summed E-state index contributed by atoms with van der Waals surface area (Å²) in [6.07, 6.45) is 1.01. The second-order valence-corrected chi connectivity index (χ2v) is 5.42. The summed E-state index contributed by atoms with van der Waals surface area (Å²) in [5.74, 6) is 0. The Morgan fingerprint density at radius 3 is 2.47 bits per heavy atom. The molecule has 0 atom stereocenters. The van der Waals surface area contributed by atoms with Crippen LogP contribution >= 0.6 is 34.8 Å². The Balaban J connectivity index is 2.16. The van der Waals surface area contributed by atoms with Gasteiger partial charge in [0.15, 0.2) is 0 Å². The summed E-state index contributed by atoms with van der Waals surface area (Å²) in [6, 6.07) is 11.7. The van der Waals surface area contributed by atoms with Crippen molar-refractivity contribution < 1.29 is 0 Å². The minimum absolute atomic E-state index is 0.508. The molecule has 0 saturated carbocycles. The van der Waals surface area contributed by atoms with Crippen LogP contribution in [0.25, 0.3) is 0 Å². The monoisotopic (exact) mass is 313 g/mol. The number of rotatable bonds is 4. The van der Waals surface area contributed by atoms with Gasteiger partial charge in [-0.05, 0) is 36.2 Å². The highest BCUT2D eigenvalue weighted by Crippen LogP contribution is 2.31. The van der Waals surface area contributed by atoms with E-state index in [1.807, 2.05) is 12.1 Å². The number of nitrogens with one attached hydrogen (secondary N) is 1. The average Bonchev–Trinajstić information content (AvgIpc) is 2.43. The van der Waals surface area contributed by atoms with Crippen LogP contribution in [0.3, 0.4) is 0 Å². The van der Waals surface area contributed by atoms with Gasteiger partial charge in [0, 0.05) is 22.8 Å². The van der Waals surface area contributed by atoms with Crippen LogP contribution < -0.4 is 5.32 Å². The molecule has 2 rings (SSSR count). The molecule has 100 valence electrons. The highest BCUT2D eigenvalue weighted by atomic mass is 35.5. The molecule has 19 heavy (non-hydrogen) atoms. The van der Waals surface area contributed by atoms with Crippen molar-refractivity contribution in [2.45, 2.75) is 19.9 Å². The van der Waals surface area contributed by atoms with Gasteiger partial charge in [-0.1, -0.05) is 53.9 Å². The van der Waals surface area contributed by atoms with Crippen molar-refractivity contribution in [1.82, 2.24) is 0 Å². The predicted molar refractivity (Wildman–Crippen MR) is 84.6 cm³/mol. The Morgan fingerprint density at radius 2 is 1.74 bits per heavy atom. The molecule has 0 heterocycles. The lowest BCUT2D eigenvalue weighted by Crippen LogP contribution is -2.01. The van der Waals surface area contributed by atoms with E-state index in [1.165, 1.54) is 5.56 Å². The van der Waals surface area contributed by atoms with Crippen molar-refractivity contribution in [1.29, 1.82) is 0 Å². The van der Waals surface area contributed by atoms with E-state index in [4.69, 9.17) is 34.8 Å². The lowest BCUT2D eigenvalue weighted by atomic mass is 10.1. The van der Waals surface area contributed by atoms with Crippen LogP contribution in [0.4, 0.5) is 5.69 Å². The van der Waals surface area contributed by atoms with Gasteiger partial charge in [-0.15, -0.1) is 0 Å². The Bertz CT molecular complexity index is 582. The fourth-order valence-electron chi connectivity index (χ4n) is 1.82. The molecule has 0 bridgehead atoms. The molecular weight excluding hydrogens is 301 g/mol. The summed E-state index contributed by atoms with van der Waals surface area (Å²) in [4.78, 5) is 0. The zero-order valence-electron chi connectivity index (χ0n) is 10.5. The summed E-state index contributed by atoms with van der Waals surface area (Å²) in [6.45, 7) is 2.68. The molecule has 0 aliphatic carbocycles. The smallest absolute Gasteiger partial charge is 0.0657 e. The van der Waals surface area contributed by atoms with Crippen molar-refractivity contribution in [3.8, 4) is 0 Å². The van der Waals surface area contributed by atoms with Crippen LogP contribution in [0.5, 0.6) is 0 Å². The largest absolute Gasteiger partial charge is 0.381 e. The number of benzene rings is 2. The highest BCUT2D eigenvalue weighted by molar-refractivity contribution is 6.44. The average molecular weight is 315 g/mol. The highest BCUT2D eigenvalue weighted by Gasteiger charge is 2.09. The fourth-order valence-corrected chi connectivity index (χ4v) is 2.50. The lowest BCUT2D eigenvalue weighted by molar-refractivity contribution is 1.12. The first-order chi connectivity index (χ1) is 9.11. The third-order valence-corrected chi connectivity index (χ3v) is 4.14. The molecule has 1 N–H and O–H groups in total. The Labute approximate surface area is 128 Å². The van der Waals surface area contributed by atoms with Crippen molar-refractivity contribution in [3.05, 3.63) is 62.6 Å². The van der Waals surface area contributed by atoms with Crippen LogP contribution in [0.15, 0.2) is 36.4 Å². The van der Waals surface area contributed by atoms with Gasteiger partial charge >= 0.3 is 0 Å². The zero-order chi connectivity index (χ0) is 13.8. The van der Waals surface area contributed by atoms with Gasteiger partial charge in [0.05, 0.1) is 10.0 Å². The summed E-state index contributed by atoms with van der Waals surface area (Å²) in [5.41, 5.74) is 3.15. The molecule has 0 saturated heterocycles. The molecule has 2 aromatic rings. The number of anilines is 1. The second-order valence-electron chi connectivity index (χ2n) is 4.23. The van der Waals surface area contributed by atoms with Crippen molar-refractivity contribution in [2.75, 3.05) is 5.32 Å². The predicted octanol–water partition coefficient (Wildman–Crippen LogP) is 5.82. The standard InChI is InChI=1S/C15H14Cl3N/c1-2-10-4-3-5-11(8-10)19-9-12-13(16)6-7-14(17)15(12)18/h3-8,19H,2,9H2,1H3. The molecular formula is C15H14Cl3N. The number of hydrogen-bond acceptors (Lipinski definition) is 1. The third-order valence-electron chi connectivity index (χ3n) is 2.94. The summed E-state index contributed by atoms with van der Waals surface area (Å²) in [7, 11) is 0. The maximum absolute atomic E-state index is 6.17. The Hall–Kier alpha value is -0.890. The van der Waals surface area contributed by atoms with Gasteiger partial charge in [0.2, 0.25) is 0 Å². The molecule has 0 aliphatic rings. The molecule has 0 amide bonds.